The Balaban J connectivity index is 2.28. The van der Waals surface area contributed by atoms with E-state index in [9.17, 15) is 31.5 Å². The van der Waals surface area contributed by atoms with Crippen molar-refractivity contribution in [2.75, 3.05) is 7.05 Å². The highest BCUT2D eigenvalue weighted by Gasteiger charge is 2.26. The van der Waals surface area contributed by atoms with Crippen LogP contribution in [0.15, 0.2) is 48.5 Å². The first-order valence-electron chi connectivity index (χ1n) is 8.61. The maximum absolute atomic E-state index is 13.5. The zero-order chi connectivity index (χ0) is 23.1. The molecule has 2 rings (SSSR count). The lowest BCUT2D eigenvalue weighted by Crippen LogP contribution is -2.38. The third-order valence-corrected chi connectivity index (χ3v) is 4.00. The van der Waals surface area contributed by atoms with Crippen molar-refractivity contribution in [1.29, 1.82) is 0 Å². The highest BCUT2D eigenvalue weighted by atomic mass is 19.3. The molecule has 0 aliphatic carbocycles. The summed E-state index contributed by atoms with van der Waals surface area (Å²) >= 11 is 0. The minimum absolute atomic E-state index is 0.0509. The molecule has 2 N–H and O–H groups in total. The molecule has 2 aromatic carbocycles. The molecule has 1 unspecified atom stereocenters. The molecule has 6 nitrogen and oxygen atoms in total. The van der Waals surface area contributed by atoms with Crippen molar-refractivity contribution in [3.8, 4) is 11.5 Å². The number of ether oxygens (including phenoxy) is 2. The number of rotatable bonds is 9. The number of carbonyl (C=O) groups excluding carboxylic acids is 2. The number of benzene rings is 2. The molecule has 0 aliphatic rings. The Morgan fingerprint density at radius 3 is 2.29 bits per heavy atom. The minimum atomic E-state index is -3.26. The van der Waals surface area contributed by atoms with Gasteiger partial charge in [0.1, 0.15) is 23.4 Å². The molecule has 0 aliphatic heterocycles. The van der Waals surface area contributed by atoms with Crippen LogP contribution in [0.25, 0.3) is 6.08 Å². The van der Waals surface area contributed by atoms with Crippen LogP contribution in [0.3, 0.4) is 0 Å². The molecular weight excluding hydrogens is 427 g/mol. The number of amides is 2. The molecule has 166 valence electrons. The average molecular weight is 444 g/mol. The predicted octanol–water partition coefficient (Wildman–Crippen LogP) is 3.73. The van der Waals surface area contributed by atoms with Gasteiger partial charge in [-0.05, 0) is 35.9 Å². The van der Waals surface area contributed by atoms with Gasteiger partial charge in [0.2, 0.25) is 11.8 Å². The second-order valence-corrected chi connectivity index (χ2v) is 6.10. The van der Waals surface area contributed by atoms with Crippen LogP contribution in [-0.2, 0) is 9.59 Å². The van der Waals surface area contributed by atoms with Gasteiger partial charge in [0.15, 0.2) is 0 Å². The molecular formula is C20H17F5N2O4. The third-order valence-electron chi connectivity index (χ3n) is 4.00. The van der Waals surface area contributed by atoms with Gasteiger partial charge in [0, 0.05) is 24.8 Å². The molecule has 2 amide bonds. The van der Waals surface area contributed by atoms with Crippen LogP contribution in [0.2, 0.25) is 0 Å². The number of alkyl halides is 4. The standard InChI is InChI=1S/C20H17F5N2O4/c1-27(17(18(26)29)12-3-2-4-13(21)9-12)16(28)8-6-11-5-7-14(30-19(22)23)10-15(11)31-20(24)25/h2-10,17,19-20H,1H3,(H2,26,29)/b8-6+. The topological polar surface area (TPSA) is 81.9 Å². The summed E-state index contributed by atoms with van der Waals surface area (Å²) in [4.78, 5) is 25.3. The molecule has 31 heavy (non-hydrogen) atoms. The summed E-state index contributed by atoms with van der Waals surface area (Å²) in [6.07, 6.45) is 2.00. The van der Waals surface area contributed by atoms with Crippen molar-refractivity contribution < 1.29 is 41.0 Å². The van der Waals surface area contributed by atoms with Crippen LogP contribution >= 0.6 is 0 Å². The molecule has 0 saturated carbocycles. The van der Waals surface area contributed by atoms with E-state index in [1.165, 1.54) is 19.2 Å². The van der Waals surface area contributed by atoms with Gasteiger partial charge >= 0.3 is 13.2 Å². The Kier molecular flexibility index (Phi) is 7.94. The summed E-state index contributed by atoms with van der Waals surface area (Å²) in [5.41, 5.74) is 5.42. The van der Waals surface area contributed by atoms with Gasteiger partial charge in [-0.3, -0.25) is 9.59 Å². The van der Waals surface area contributed by atoms with Crippen LogP contribution in [0.5, 0.6) is 11.5 Å². The van der Waals surface area contributed by atoms with Gasteiger partial charge in [-0.25, -0.2) is 4.39 Å². The number of nitrogens with two attached hydrogens (primary N) is 1. The summed E-state index contributed by atoms with van der Waals surface area (Å²) in [5.74, 6) is -3.28. The Bertz CT molecular complexity index is 968. The molecule has 0 spiro atoms. The number of carbonyl (C=O) groups is 2. The Hall–Kier alpha value is -3.63. The van der Waals surface area contributed by atoms with Crippen LogP contribution in [0.1, 0.15) is 17.2 Å². The van der Waals surface area contributed by atoms with Crippen molar-refractivity contribution in [1.82, 2.24) is 4.90 Å². The fourth-order valence-electron chi connectivity index (χ4n) is 2.69. The van der Waals surface area contributed by atoms with E-state index < -0.39 is 48.4 Å². The quantitative estimate of drug-likeness (QED) is 0.472. The van der Waals surface area contributed by atoms with Crippen molar-refractivity contribution in [3.05, 3.63) is 65.5 Å². The number of nitrogens with zero attached hydrogens (tertiary/aromatic N) is 1. The van der Waals surface area contributed by atoms with Crippen molar-refractivity contribution in [2.24, 2.45) is 5.73 Å². The van der Waals surface area contributed by atoms with E-state index in [-0.39, 0.29) is 11.1 Å². The Labute approximate surface area is 173 Å². The maximum Gasteiger partial charge on any atom is 0.387 e. The lowest BCUT2D eigenvalue weighted by Gasteiger charge is -2.25. The van der Waals surface area contributed by atoms with Gasteiger partial charge in [-0.15, -0.1) is 0 Å². The van der Waals surface area contributed by atoms with Gasteiger partial charge < -0.3 is 20.1 Å². The zero-order valence-corrected chi connectivity index (χ0v) is 16.0. The largest absolute Gasteiger partial charge is 0.435 e. The maximum atomic E-state index is 13.5. The molecule has 0 saturated heterocycles. The monoisotopic (exact) mass is 444 g/mol. The summed E-state index contributed by atoms with van der Waals surface area (Å²) in [5, 5.41) is 0. The van der Waals surface area contributed by atoms with E-state index in [0.717, 1.165) is 47.4 Å². The number of hydrogen-bond donors (Lipinski definition) is 1. The average Bonchev–Trinajstić information content (AvgIpc) is 2.66. The number of hydrogen-bond acceptors (Lipinski definition) is 4. The third kappa shape index (κ3) is 6.69. The van der Waals surface area contributed by atoms with E-state index >= 15 is 0 Å². The number of primary amides is 1. The summed E-state index contributed by atoms with van der Waals surface area (Å²) in [6, 6.07) is 6.63. The highest BCUT2D eigenvalue weighted by Crippen LogP contribution is 2.29. The van der Waals surface area contributed by atoms with Crippen molar-refractivity contribution >= 4 is 17.9 Å². The predicted molar refractivity (Wildman–Crippen MR) is 99.8 cm³/mol. The molecule has 0 aromatic heterocycles. The van der Waals surface area contributed by atoms with Crippen LogP contribution in [0.4, 0.5) is 22.0 Å². The van der Waals surface area contributed by atoms with Gasteiger partial charge in [0.05, 0.1) is 0 Å². The second-order valence-electron chi connectivity index (χ2n) is 6.10. The summed E-state index contributed by atoms with van der Waals surface area (Å²) < 4.78 is 71.8. The normalized spacial score (nSPS) is 12.3. The van der Waals surface area contributed by atoms with Crippen LogP contribution < -0.4 is 15.2 Å². The van der Waals surface area contributed by atoms with Gasteiger partial charge in [0.25, 0.3) is 0 Å². The number of likely N-dealkylation sites (N-methyl/N-ethyl adjacent to an activating group) is 1. The first-order chi connectivity index (χ1) is 14.6. The second kappa shape index (κ2) is 10.4. The zero-order valence-electron chi connectivity index (χ0n) is 16.0. The van der Waals surface area contributed by atoms with Crippen LogP contribution in [0, 0.1) is 5.82 Å². The first kappa shape index (κ1) is 23.6. The molecule has 0 heterocycles. The van der Waals surface area contributed by atoms with Crippen molar-refractivity contribution in [2.45, 2.75) is 19.3 Å². The summed E-state index contributed by atoms with van der Waals surface area (Å²) in [6.45, 7) is -6.44. The van der Waals surface area contributed by atoms with E-state index in [1.807, 2.05) is 0 Å². The minimum Gasteiger partial charge on any atom is -0.435 e. The first-order valence-corrected chi connectivity index (χ1v) is 8.61. The van der Waals surface area contributed by atoms with E-state index in [4.69, 9.17) is 5.73 Å². The number of halogens is 5. The fourth-order valence-corrected chi connectivity index (χ4v) is 2.69. The van der Waals surface area contributed by atoms with E-state index in [2.05, 4.69) is 9.47 Å². The lowest BCUT2D eigenvalue weighted by atomic mass is 10.0. The molecule has 11 heteroatoms. The fraction of sp³-hybridized carbons (Fsp3) is 0.200. The molecule has 0 radical (unpaired) electrons. The SMILES string of the molecule is CN(C(=O)/C=C/c1ccc(OC(F)F)cc1OC(F)F)C(C(N)=O)c1cccc(F)c1. The smallest absolute Gasteiger partial charge is 0.387 e. The van der Waals surface area contributed by atoms with Crippen molar-refractivity contribution in [3.63, 3.8) is 0 Å². The molecule has 0 bridgehead atoms. The van der Waals surface area contributed by atoms with E-state index in [0.29, 0.717) is 0 Å². The Morgan fingerprint density at radius 2 is 1.71 bits per heavy atom. The highest BCUT2D eigenvalue weighted by molar-refractivity contribution is 5.95. The Morgan fingerprint density at radius 1 is 1.03 bits per heavy atom. The molecule has 0 fully saturated rings. The van der Waals surface area contributed by atoms with Crippen LogP contribution in [-0.4, -0.2) is 37.0 Å². The lowest BCUT2D eigenvalue weighted by molar-refractivity contribution is -0.134. The van der Waals surface area contributed by atoms with Gasteiger partial charge in [-0.2, -0.15) is 17.6 Å². The van der Waals surface area contributed by atoms with E-state index in [1.54, 1.807) is 0 Å². The van der Waals surface area contributed by atoms with Gasteiger partial charge in [-0.1, -0.05) is 12.1 Å². The molecule has 1 atom stereocenters. The summed E-state index contributed by atoms with van der Waals surface area (Å²) in [7, 11) is 1.24. The molecule has 2 aromatic rings.